The molecule has 2 fully saturated rings. The minimum absolute atomic E-state index is 0.0444. The lowest BCUT2D eigenvalue weighted by Crippen LogP contribution is -2.52. The predicted octanol–water partition coefficient (Wildman–Crippen LogP) is 2.30. The van der Waals surface area contributed by atoms with E-state index in [0.717, 1.165) is 17.9 Å². The van der Waals surface area contributed by atoms with Gasteiger partial charge in [0.15, 0.2) is 5.11 Å². The minimum Gasteiger partial charge on any atom is -0.331 e. The Labute approximate surface area is 155 Å². The number of anilines is 1. The summed E-state index contributed by atoms with van der Waals surface area (Å²) in [7, 11) is 0. The Balaban J connectivity index is 1.63. The van der Waals surface area contributed by atoms with Crippen LogP contribution in [0.25, 0.3) is 0 Å². The van der Waals surface area contributed by atoms with E-state index in [-0.39, 0.29) is 16.7 Å². The highest BCUT2D eigenvalue weighted by Gasteiger charge is 2.52. The topological polar surface area (TPSA) is 117 Å². The van der Waals surface area contributed by atoms with Crippen molar-refractivity contribution in [3.05, 3.63) is 34.4 Å². The van der Waals surface area contributed by atoms with Crippen LogP contribution < -0.4 is 16.1 Å². The molecule has 1 heterocycles. The number of amides is 3. The van der Waals surface area contributed by atoms with Crippen LogP contribution in [-0.2, 0) is 4.79 Å². The first-order valence-corrected chi connectivity index (χ1v) is 8.70. The van der Waals surface area contributed by atoms with Crippen LogP contribution in [-0.4, -0.2) is 32.5 Å². The van der Waals surface area contributed by atoms with Crippen molar-refractivity contribution >= 4 is 40.6 Å². The molecule has 3 N–H and O–H groups in total. The van der Waals surface area contributed by atoms with Gasteiger partial charge in [-0.15, -0.1) is 0 Å². The predicted molar refractivity (Wildman–Crippen MR) is 98.2 cm³/mol. The molecule has 3 rings (SSSR count). The van der Waals surface area contributed by atoms with E-state index in [1.165, 1.54) is 24.3 Å². The maximum atomic E-state index is 12.7. The van der Waals surface area contributed by atoms with E-state index in [2.05, 4.69) is 23.0 Å². The summed E-state index contributed by atoms with van der Waals surface area (Å²) < 4.78 is 0. The smallest absolute Gasteiger partial charge is 0.331 e. The van der Waals surface area contributed by atoms with E-state index in [1.807, 2.05) is 0 Å². The molecular formula is C16H19N5O4S. The number of nitrogens with zero attached hydrogens (tertiary/aromatic N) is 2. The van der Waals surface area contributed by atoms with E-state index in [1.54, 1.807) is 0 Å². The van der Waals surface area contributed by atoms with Gasteiger partial charge in [-0.2, -0.15) is 5.01 Å². The first kappa shape index (κ1) is 18.1. The number of carbonyl (C=O) groups excluding carboxylic acids is 2. The number of nitrogens with one attached hydrogen (secondary N) is 3. The number of hydrazine groups is 1. The average Bonchev–Trinajstić information content (AvgIpc) is 2.82. The summed E-state index contributed by atoms with van der Waals surface area (Å²) in [4.78, 5) is 35.1. The molecule has 10 heteroatoms. The van der Waals surface area contributed by atoms with Crippen molar-refractivity contribution in [3.63, 3.8) is 0 Å². The first-order valence-electron chi connectivity index (χ1n) is 8.29. The van der Waals surface area contributed by atoms with Crippen molar-refractivity contribution in [1.82, 2.24) is 15.8 Å². The molecule has 1 aromatic rings. The minimum atomic E-state index is -0.848. The molecule has 0 atom stereocenters. The van der Waals surface area contributed by atoms with Crippen LogP contribution in [0.3, 0.4) is 0 Å². The second-order valence-corrected chi connectivity index (χ2v) is 7.11. The Kier molecular flexibility index (Phi) is 4.77. The van der Waals surface area contributed by atoms with Gasteiger partial charge in [0.25, 0.3) is 11.6 Å². The normalized spacial score (nSPS) is 25.1. The summed E-state index contributed by atoms with van der Waals surface area (Å²) in [6.07, 6.45) is 2.98. The van der Waals surface area contributed by atoms with Gasteiger partial charge in [-0.25, -0.2) is 4.79 Å². The molecule has 1 aliphatic carbocycles. The first-order chi connectivity index (χ1) is 12.3. The molecule has 1 saturated carbocycles. The lowest BCUT2D eigenvalue weighted by atomic mass is 9.77. The van der Waals surface area contributed by atoms with Crippen LogP contribution in [0.4, 0.5) is 16.2 Å². The monoisotopic (exact) mass is 377 g/mol. The summed E-state index contributed by atoms with van der Waals surface area (Å²) in [6, 6.07) is 5.11. The Morgan fingerprint density at radius 2 is 1.92 bits per heavy atom. The van der Waals surface area contributed by atoms with Crippen LogP contribution >= 0.6 is 12.2 Å². The maximum absolute atomic E-state index is 12.7. The van der Waals surface area contributed by atoms with E-state index in [0.29, 0.717) is 24.4 Å². The lowest BCUT2D eigenvalue weighted by molar-refractivity contribution is -0.384. The van der Waals surface area contributed by atoms with Crippen LogP contribution in [0.15, 0.2) is 24.3 Å². The second-order valence-electron chi connectivity index (χ2n) is 6.71. The molecule has 0 unspecified atom stereocenters. The van der Waals surface area contributed by atoms with Gasteiger partial charge < -0.3 is 10.6 Å². The Bertz CT molecular complexity index is 758. The molecule has 0 radical (unpaired) electrons. The summed E-state index contributed by atoms with van der Waals surface area (Å²) in [5, 5.41) is 17.2. The zero-order valence-corrected chi connectivity index (χ0v) is 15.0. The zero-order chi connectivity index (χ0) is 18.9. The fraction of sp³-hybridized carbons (Fsp3) is 0.438. The van der Waals surface area contributed by atoms with Crippen molar-refractivity contribution in [2.24, 2.45) is 5.92 Å². The number of nitro benzene ring substituents is 1. The molecule has 2 aliphatic rings. The average molecular weight is 377 g/mol. The molecule has 1 aliphatic heterocycles. The SMILES string of the molecule is CC1CCC2(CC1)NC(=O)N(NC(=S)Nc1ccc([N+](=O)[O-])cc1)C2=O. The number of carbonyl (C=O) groups is 2. The molecule has 138 valence electrons. The number of hydrogen-bond donors (Lipinski definition) is 3. The maximum Gasteiger partial charge on any atom is 0.344 e. The number of urea groups is 1. The third kappa shape index (κ3) is 3.45. The van der Waals surface area contributed by atoms with E-state index >= 15 is 0 Å². The third-order valence-electron chi connectivity index (χ3n) is 4.84. The van der Waals surface area contributed by atoms with Gasteiger partial charge in [-0.1, -0.05) is 6.92 Å². The van der Waals surface area contributed by atoms with Crippen LogP contribution in [0.2, 0.25) is 0 Å². The highest BCUT2D eigenvalue weighted by molar-refractivity contribution is 7.80. The molecule has 9 nitrogen and oxygen atoms in total. The summed E-state index contributed by atoms with van der Waals surface area (Å²) in [5.74, 6) is 0.208. The highest BCUT2D eigenvalue weighted by Crippen LogP contribution is 2.35. The number of nitro groups is 1. The van der Waals surface area contributed by atoms with Crippen molar-refractivity contribution in [1.29, 1.82) is 0 Å². The van der Waals surface area contributed by atoms with Crippen molar-refractivity contribution < 1.29 is 14.5 Å². The Hall–Kier alpha value is -2.75. The van der Waals surface area contributed by atoms with Gasteiger partial charge in [0, 0.05) is 17.8 Å². The third-order valence-corrected chi connectivity index (χ3v) is 5.03. The standard InChI is InChI=1S/C16H19N5O4S/c1-10-6-8-16(9-7-10)13(22)20(15(23)18-16)19-14(26)17-11-2-4-12(5-3-11)21(24)25/h2-5,10H,6-9H2,1H3,(H,18,23)(H2,17,19,26). The summed E-state index contributed by atoms with van der Waals surface area (Å²) in [5.41, 5.74) is 2.21. The molecule has 26 heavy (non-hydrogen) atoms. The van der Waals surface area contributed by atoms with Crippen molar-refractivity contribution in [2.45, 2.75) is 38.1 Å². The number of benzene rings is 1. The molecule has 3 amide bonds. The van der Waals surface area contributed by atoms with E-state index in [9.17, 15) is 19.7 Å². The quantitative estimate of drug-likeness (QED) is 0.320. The number of imide groups is 1. The fourth-order valence-corrected chi connectivity index (χ4v) is 3.45. The Morgan fingerprint density at radius 1 is 1.31 bits per heavy atom. The molecule has 0 aromatic heterocycles. The number of thiocarbonyl (C=S) groups is 1. The summed E-state index contributed by atoms with van der Waals surface area (Å²) >= 11 is 5.14. The van der Waals surface area contributed by atoms with Crippen LogP contribution in [0.1, 0.15) is 32.6 Å². The van der Waals surface area contributed by atoms with E-state index < -0.39 is 16.5 Å². The molecular weight excluding hydrogens is 358 g/mol. The van der Waals surface area contributed by atoms with Crippen LogP contribution in [0, 0.1) is 16.0 Å². The van der Waals surface area contributed by atoms with Crippen molar-refractivity contribution in [3.8, 4) is 0 Å². The number of hydrogen-bond acceptors (Lipinski definition) is 5. The van der Waals surface area contributed by atoms with Gasteiger partial charge in [0.2, 0.25) is 0 Å². The van der Waals surface area contributed by atoms with Gasteiger partial charge in [0.05, 0.1) is 4.92 Å². The molecule has 1 spiro atoms. The van der Waals surface area contributed by atoms with Crippen LogP contribution in [0.5, 0.6) is 0 Å². The largest absolute Gasteiger partial charge is 0.344 e. The number of rotatable bonds is 3. The lowest BCUT2D eigenvalue weighted by Gasteiger charge is -2.33. The Morgan fingerprint density at radius 3 is 2.50 bits per heavy atom. The summed E-state index contributed by atoms with van der Waals surface area (Å²) in [6.45, 7) is 2.13. The van der Waals surface area contributed by atoms with Gasteiger partial charge in [0.1, 0.15) is 5.54 Å². The molecule has 1 saturated heterocycles. The van der Waals surface area contributed by atoms with Crippen molar-refractivity contribution in [2.75, 3.05) is 5.32 Å². The fourth-order valence-electron chi connectivity index (χ4n) is 3.24. The van der Waals surface area contributed by atoms with Gasteiger partial charge in [-0.3, -0.25) is 20.3 Å². The van der Waals surface area contributed by atoms with E-state index in [4.69, 9.17) is 12.2 Å². The van der Waals surface area contributed by atoms with Gasteiger partial charge >= 0.3 is 6.03 Å². The molecule has 0 bridgehead atoms. The zero-order valence-electron chi connectivity index (χ0n) is 14.2. The number of non-ortho nitro benzene ring substituents is 1. The highest BCUT2D eigenvalue weighted by atomic mass is 32.1. The molecule has 1 aromatic carbocycles. The second kappa shape index (κ2) is 6.87. The van der Waals surface area contributed by atoms with Gasteiger partial charge in [-0.05, 0) is 56.0 Å².